The maximum atomic E-state index is 12.0. The smallest absolute Gasteiger partial charge is 0.324 e. The third-order valence-corrected chi connectivity index (χ3v) is 4.40. The lowest BCUT2D eigenvalue weighted by molar-refractivity contribution is 0.174. The van der Waals surface area contributed by atoms with Crippen molar-refractivity contribution < 1.29 is 14.3 Å². The number of rotatable bonds is 1. The average Bonchev–Trinajstić information content (AvgIpc) is 3.15. The van der Waals surface area contributed by atoms with E-state index in [0.29, 0.717) is 23.2 Å². The van der Waals surface area contributed by atoms with E-state index in [0.717, 1.165) is 10.2 Å². The first-order chi connectivity index (χ1) is 10.3. The van der Waals surface area contributed by atoms with E-state index >= 15 is 0 Å². The highest BCUT2D eigenvalue weighted by molar-refractivity contribution is 7.22. The van der Waals surface area contributed by atoms with E-state index in [1.54, 1.807) is 11.8 Å². The van der Waals surface area contributed by atoms with Crippen molar-refractivity contribution >= 4 is 32.7 Å². The van der Waals surface area contributed by atoms with Crippen LogP contribution in [0.15, 0.2) is 12.1 Å². The van der Waals surface area contributed by atoms with Gasteiger partial charge in [-0.3, -0.25) is 4.90 Å². The third-order valence-electron chi connectivity index (χ3n) is 3.38. The molecule has 3 heterocycles. The predicted molar refractivity (Wildman–Crippen MR) is 78.9 cm³/mol. The summed E-state index contributed by atoms with van der Waals surface area (Å²) in [5, 5.41) is 3.42. The van der Waals surface area contributed by atoms with Gasteiger partial charge in [0, 0.05) is 0 Å². The number of carbonyl (C=O) groups excluding carboxylic acids is 1. The SMILES string of the molecule is CC#C[C@@H]1CNC(=O)N1c1nc2c3c(ccc2s1)OCO3. The lowest BCUT2D eigenvalue weighted by Crippen LogP contribution is -2.33. The van der Waals surface area contributed by atoms with Gasteiger partial charge in [0.1, 0.15) is 11.6 Å². The highest BCUT2D eigenvalue weighted by atomic mass is 32.1. The first-order valence-electron chi connectivity index (χ1n) is 6.46. The number of nitrogens with one attached hydrogen (secondary N) is 1. The number of thiazole rings is 1. The van der Waals surface area contributed by atoms with Crippen LogP contribution in [-0.2, 0) is 0 Å². The molecule has 2 aliphatic rings. The minimum atomic E-state index is -0.187. The largest absolute Gasteiger partial charge is 0.454 e. The van der Waals surface area contributed by atoms with Gasteiger partial charge in [-0.1, -0.05) is 17.3 Å². The Hall–Kier alpha value is -2.46. The first-order valence-corrected chi connectivity index (χ1v) is 7.28. The molecule has 1 aromatic carbocycles. The summed E-state index contributed by atoms with van der Waals surface area (Å²) in [5.41, 5.74) is 0.730. The summed E-state index contributed by atoms with van der Waals surface area (Å²) < 4.78 is 11.8. The summed E-state index contributed by atoms with van der Waals surface area (Å²) in [6, 6.07) is 3.43. The van der Waals surface area contributed by atoms with E-state index in [2.05, 4.69) is 22.1 Å². The molecule has 2 amide bonds. The summed E-state index contributed by atoms with van der Waals surface area (Å²) in [4.78, 5) is 18.2. The number of aromatic nitrogens is 1. The molecule has 6 nitrogen and oxygen atoms in total. The second kappa shape index (κ2) is 4.53. The van der Waals surface area contributed by atoms with Gasteiger partial charge in [-0.15, -0.1) is 5.92 Å². The second-order valence-corrected chi connectivity index (χ2v) is 5.62. The van der Waals surface area contributed by atoms with Gasteiger partial charge >= 0.3 is 6.03 Å². The summed E-state index contributed by atoms with van der Waals surface area (Å²) in [5.74, 6) is 7.21. The summed E-state index contributed by atoms with van der Waals surface area (Å²) in [6.07, 6.45) is 0. The third kappa shape index (κ3) is 1.80. The molecule has 0 bridgehead atoms. The lowest BCUT2D eigenvalue weighted by Gasteiger charge is -2.14. The Morgan fingerprint density at radius 1 is 1.48 bits per heavy atom. The van der Waals surface area contributed by atoms with Crippen LogP contribution in [0.2, 0.25) is 0 Å². The van der Waals surface area contributed by atoms with Gasteiger partial charge in [0.05, 0.1) is 11.2 Å². The molecule has 106 valence electrons. The van der Waals surface area contributed by atoms with Crippen LogP contribution in [0.1, 0.15) is 6.92 Å². The van der Waals surface area contributed by atoms with Gasteiger partial charge in [-0.05, 0) is 19.1 Å². The monoisotopic (exact) mass is 301 g/mol. The van der Waals surface area contributed by atoms with Crippen molar-refractivity contribution in [2.75, 3.05) is 18.2 Å². The van der Waals surface area contributed by atoms with Crippen LogP contribution in [-0.4, -0.2) is 30.4 Å². The fourth-order valence-corrected chi connectivity index (χ4v) is 3.47. The Kier molecular flexibility index (Phi) is 2.65. The second-order valence-electron chi connectivity index (χ2n) is 4.61. The summed E-state index contributed by atoms with van der Waals surface area (Å²) in [6.45, 7) is 2.47. The van der Waals surface area contributed by atoms with Crippen LogP contribution in [0.5, 0.6) is 11.5 Å². The first kappa shape index (κ1) is 12.3. The van der Waals surface area contributed by atoms with Crippen molar-refractivity contribution in [2.24, 2.45) is 0 Å². The van der Waals surface area contributed by atoms with Crippen LogP contribution in [0.4, 0.5) is 9.93 Å². The van der Waals surface area contributed by atoms with Crippen molar-refractivity contribution in [2.45, 2.75) is 13.0 Å². The van der Waals surface area contributed by atoms with E-state index in [4.69, 9.17) is 9.47 Å². The van der Waals surface area contributed by atoms with Crippen molar-refractivity contribution in [3.05, 3.63) is 12.1 Å². The molecule has 1 N–H and O–H groups in total. The molecule has 1 fully saturated rings. The van der Waals surface area contributed by atoms with Gasteiger partial charge in [0.25, 0.3) is 0 Å². The van der Waals surface area contributed by atoms with E-state index in [9.17, 15) is 4.79 Å². The molecule has 2 aliphatic heterocycles. The number of hydrogen-bond donors (Lipinski definition) is 1. The van der Waals surface area contributed by atoms with E-state index in [1.807, 2.05) is 12.1 Å². The predicted octanol–water partition coefficient (Wildman–Crippen LogP) is 1.95. The molecule has 2 aromatic rings. The number of hydrogen-bond acceptors (Lipinski definition) is 5. The quantitative estimate of drug-likeness (QED) is 0.818. The fraction of sp³-hybridized carbons (Fsp3) is 0.286. The Labute approximate surface area is 124 Å². The molecule has 0 aliphatic carbocycles. The molecule has 4 rings (SSSR count). The standard InChI is InChI=1S/C14H11N3O3S/c1-2-3-8-6-15-13(18)17(8)14-16-11-10(21-14)5-4-9-12(11)20-7-19-9/h4-5,8H,6-7H2,1H3,(H,15,18)/t8-/m1/s1. The van der Waals surface area contributed by atoms with E-state index in [1.165, 1.54) is 11.3 Å². The minimum Gasteiger partial charge on any atom is -0.454 e. The summed E-state index contributed by atoms with van der Waals surface area (Å²) >= 11 is 1.44. The van der Waals surface area contributed by atoms with Crippen LogP contribution < -0.4 is 19.7 Å². The Morgan fingerprint density at radius 3 is 3.24 bits per heavy atom. The number of urea groups is 1. The van der Waals surface area contributed by atoms with Crippen LogP contribution in [0, 0.1) is 11.8 Å². The molecule has 0 radical (unpaired) electrons. The van der Waals surface area contributed by atoms with Gasteiger partial charge in [-0.2, -0.15) is 0 Å². The zero-order valence-electron chi connectivity index (χ0n) is 11.2. The average molecular weight is 301 g/mol. The number of nitrogens with zero attached hydrogens (tertiary/aromatic N) is 2. The van der Waals surface area contributed by atoms with Crippen molar-refractivity contribution in [3.8, 4) is 23.3 Å². The fourth-order valence-electron chi connectivity index (χ4n) is 2.45. The molecular formula is C14H11N3O3S. The molecule has 0 unspecified atom stereocenters. The molecule has 0 spiro atoms. The number of ether oxygens (including phenoxy) is 2. The molecule has 1 saturated heterocycles. The van der Waals surface area contributed by atoms with Gasteiger partial charge in [0.2, 0.25) is 6.79 Å². The molecule has 7 heteroatoms. The van der Waals surface area contributed by atoms with Crippen molar-refractivity contribution in [3.63, 3.8) is 0 Å². The number of amides is 2. The van der Waals surface area contributed by atoms with Crippen LogP contribution in [0.3, 0.4) is 0 Å². The topological polar surface area (TPSA) is 63.7 Å². The maximum absolute atomic E-state index is 12.0. The van der Waals surface area contributed by atoms with E-state index in [-0.39, 0.29) is 18.9 Å². The highest BCUT2D eigenvalue weighted by Gasteiger charge is 2.33. The van der Waals surface area contributed by atoms with Crippen molar-refractivity contribution in [1.29, 1.82) is 0 Å². The van der Waals surface area contributed by atoms with Gasteiger partial charge in [-0.25, -0.2) is 9.78 Å². The lowest BCUT2D eigenvalue weighted by atomic mass is 10.3. The molecule has 21 heavy (non-hydrogen) atoms. The normalized spacial score (nSPS) is 19.6. The maximum Gasteiger partial charge on any atom is 0.324 e. The number of fused-ring (bicyclic) bond motifs is 3. The Bertz CT molecular complexity index is 805. The van der Waals surface area contributed by atoms with Crippen LogP contribution in [0.25, 0.3) is 10.2 Å². The molecule has 1 aromatic heterocycles. The van der Waals surface area contributed by atoms with Crippen LogP contribution >= 0.6 is 11.3 Å². The minimum absolute atomic E-state index is 0.171. The van der Waals surface area contributed by atoms with Gasteiger partial charge < -0.3 is 14.8 Å². The molecular weight excluding hydrogens is 290 g/mol. The number of carbonyl (C=O) groups is 1. The Balaban J connectivity index is 1.83. The zero-order valence-corrected chi connectivity index (χ0v) is 12.0. The van der Waals surface area contributed by atoms with Crippen molar-refractivity contribution in [1.82, 2.24) is 10.3 Å². The molecule has 1 atom stereocenters. The highest BCUT2D eigenvalue weighted by Crippen LogP contribution is 2.42. The Morgan fingerprint density at radius 2 is 2.38 bits per heavy atom. The van der Waals surface area contributed by atoms with Gasteiger partial charge in [0.15, 0.2) is 16.6 Å². The molecule has 0 saturated carbocycles. The zero-order chi connectivity index (χ0) is 14.4. The van der Waals surface area contributed by atoms with E-state index < -0.39 is 0 Å². The summed E-state index contributed by atoms with van der Waals surface area (Å²) in [7, 11) is 0. The number of benzene rings is 1. The number of anilines is 1.